The summed E-state index contributed by atoms with van der Waals surface area (Å²) in [6.45, 7) is 0. The van der Waals surface area contributed by atoms with Crippen molar-refractivity contribution in [1.29, 1.82) is 0 Å². The fourth-order valence-electron chi connectivity index (χ4n) is 2.38. The second kappa shape index (κ2) is 5.42. The van der Waals surface area contributed by atoms with Gasteiger partial charge in [0.1, 0.15) is 6.33 Å². The van der Waals surface area contributed by atoms with Crippen molar-refractivity contribution in [3.05, 3.63) is 78.9 Å². The van der Waals surface area contributed by atoms with Crippen molar-refractivity contribution in [2.45, 2.75) is 0 Å². The average Bonchev–Trinajstić information content (AvgIpc) is 3.24. The molecule has 2 heterocycles. The number of carbonyl (C=O) groups excluding carboxylic acids is 1. The Morgan fingerprint density at radius 3 is 2.65 bits per heavy atom. The van der Waals surface area contributed by atoms with Gasteiger partial charge in [0.2, 0.25) is 0 Å². The number of rotatable bonds is 3. The predicted molar refractivity (Wildman–Crippen MR) is 87.0 cm³/mol. The molecule has 0 unspecified atom stereocenters. The number of carbonyl (C=O) groups is 1. The van der Waals surface area contributed by atoms with Crippen molar-refractivity contribution in [2.75, 3.05) is 5.43 Å². The van der Waals surface area contributed by atoms with E-state index in [0.29, 0.717) is 5.56 Å². The summed E-state index contributed by atoms with van der Waals surface area (Å²) in [5.74, 6) is -0.240. The summed E-state index contributed by atoms with van der Waals surface area (Å²) in [6.07, 6.45) is 4.83. The van der Waals surface area contributed by atoms with Crippen LogP contribution >= 0.6 is 0 Å². The van der Waals surface area contributed by atoms with E-state index in [2.05, 4.69) is 15.5 Å². The summed E-state index contributed by atoms with van der Waals surface area (Å²) >= 11 is 0. The highest BCUT2D eigenvalue weighted by atomic mass is 16.2. The molecule has 112 valence electrons. The Morgan fingerprint density at radius 2 is 1.78 bits per heavy atom. The van der Waals surface area contributed by atoms with Crippen LogP contribution in [0.2, 0.25) is 0 Å². The van der Waals surface area contributed by atoms with Gasteiger partial charge < -0.3 is 0 Å². The maximum atomic E-state index is 12.4. The quantitative estimate of drug-likeness (QED) is 0.632. The van der Waals surface area contributed by atoms with Crippen LogP contribution in [0.5, 0.6) is 0 Å². The number of nitrogens with one attached hydrogen (secondary N) is 1. The van der Waals surface area contributed by atoms with Crippen LogP contribution < -0.4 is 5.43 Å². The van der Waals surface area contributed by atoms with Crippen LogP contribution in [0.25, 0.3) is 16.7 Å². The van der Waals surface area contributed by atoms with Crippen molar-refractivity contribution in [3.8, 4) is 5.69 Å². The summed E-state index contributed by atoms with van der Waals surface area (Å²) in [4.78, 5) is 16.6. The molecule has 0 bridgehead atoms. The van der Waals surface area contributed by atoms with E-state index in [1.807, 2.05) is 54.6 Å². The Morgan fingerprint density at radius 1 is 1.00 bits per heavy atom. The zero-order valence-corrected chi connectivity index (χ0v) is 12.1. The van der Waals surface area contributed by atoms with Crippen molar-refractivity contribution in [1.82, 2.24) is 19.4 Å². The third-order valence-corrected chi connectivity index (χ3v) is 3.54. The van der Waals surface area contributed by atoms with Gasteiger partial charge in [-0.25, -0.2) is 14.3 Å². The van der Waals surface area contributed by atoms with Crippen molar-refractivity contribution < 1.29 is 4.79 Å². The first-order valence-corrected chi connectivity index (χ1v) is 7.15. The number of fused-ring (bicyclic) bond motifs is 1. The molecule has 0 saturated carbocycles. The molecule has 0 spiro atoms. The third-order valence-electron chi connectivity index (χ3n) is 3.54. The minimum Gasteiger partial charge on any atom is -0.267 e. The summed E-state index contributed by atoms with van der Waals surface area (Å²) < 4.78 is 3.28. The summed E-state index contributed by atoms with van der Waals surface area (Å²) in [5, 5.41) is 4.23. The maximum Gasteiger partial charge on any atom is 0.273 e. The molecule has 0 aliphatic heterocycles. The lowest BCUT2D eigenvalue weighted by Gasteiger charge is -2.05. The van der Waals surface area contributed by atoms with Gasteiger partial charge in [0.25, 0.3) is 5.91 Å². The predicted octanol–water partition coefficient (Wildman–Crippen LogP) is 2.61. The summed E-state index contributed by atoms with van der Waals surface area (Å²) in [5.41, 5.74) is 5.86. The molecule has 2 aromatic heterocycles. The van der Waals surface area contributed by atoms with Crippen LogP contribution in [0.1, 0.15) is 10.4 Å². The van der Waals surface area contributed by atoms with E-state index in [1.165, 1.54) is 0 Å². The molecule has 4 rings (SSSR count). The molecule has 23 heavy (non-hydrogen) atoms. The van der Waals surface area contributed by atoms with Gasteiger partial charge in [-0.15, -0.1) is 0 Å². The monoisotopic (exact) mass is 303 g/mol. The number of amides is 1. The lowest BCUT2D eigenvalue weighted by molar-refractivity contribution is 0.101. The normalized spacial score (nSPS) is 10.8. The lowest BCUT2D eigenvalue weighted by Crippen LogP contribution is -2.21. The molecule has 0 aliphatic rings. The second-order valence-corrected chi connectivity index (χ2v) is 5.05. The van der Waals surface area contributed by atoms with Crippen LogP contribution in [0.15, 0.2) is 73.3 Å². The van der Waals surface area contributed by atoms with Crippen molar-refractivity contribution >= 4 is 16.9 Å². The molecule has 6 nitrogen and oxygen atoms in total. The van der Waals surface area contributed by atoms with Crippen LogP contribution in [0, 0.1) is 0 Å². The summed E-state index contributed by atoms with van der Waals surface area (Å²) in [7, 11) is 0. The van der Waals surface area contributed by atoms with Crippen molar-refractivity contribution in [2.24, 2.45) is 0 Å². The fraction of sp³-hybridized carbons (Fsp3) is 0. The van der Waals surface area contributed by atoms with Gasteiger partial charge in [-0.2, -0.15) is 5.10 Å². The molecular weight excluding hydrogens is 290 g/mol. The number of aromatic nitrogens is 4. The number of imidazole rings is 1. The molecule has 0 saturated heterocycles. The number of nitrogens with zero attached hydrogens (tertiary/aromatic N) is 4. The standard InChI is InChI=1S/C17H13N5O/c23-17(20-22-12-18-15-8-4-5-9-16(15)22)13-10-19-21(11-13)14-6-2-1-3-7-14/h1-12H,(H,20,23). The minimum absolute atomic E-state index is 0.240. The molecule has 0 fully saturated rings. The Kier molecular flexibility index (Phi) is 3.12. The zero-order chi connectivity index (χ0) is 15.6. The van der Waals surface area contributed by atoms with Crippen LogP contribution in [-0.2, 0) is 0 Å². The molecule has 1 amide bonds. The molecule has 2 aromatic carbocycles. The van der Waals surface area contributed by atoms with Gasteiger partial charge in [-0.1, -0.05) is 30.3 Å². The largest absolute Gasteiger partial charge is 0.273 e. The first-order valence-electron chi connectivity index (χ1n) is 7.15. The molecular formula is C17H13N5O. The third kappa shape index (κ3) is 2.46. The van der Waals surface area contributed by atoms with E-state index in [-0.39, 0.29) is 5.91 Å². The van der Waals surface area contributed by atoms with Gasteiger partial charge in [-0.05, 0) is 24.3 Å². The number of benzene rings is 2. The Balaban J connectivity index is 1.59. The highest BCUT2D eigenvalue weighted by Crippen LogP contribution is 2.11. The number of para-hydroxylation sites is 3. The van der Waals surface area contributed by atoms with E-state index in [9.17, 15) is 4.79 Å². The minimum atomic E-state index is -0.240. The molecule has 6 heteroatoms. The molecule has 0 atom stereocenters. The Labute approximate surface area is 132 Å². The average molecular weight is 303 g/mol. The van der Waals surface area contributed by atoms with Crippen LogP contribution in [-0.4, -0.2) is 25.3 Å². The smallest absolute Gasteiger partial charge is 0.267 e. The van der Waals surface area contributed by atoms with E-state index in [1.54, 1.807) is 28.1 Å². The Hall–Kier alpha value is -3.41. The van der Waals surface area contributed by atoms with Crippen LogP contribution in [0.4, 0.5) is 0 Å². The first-order chi connectivity index (χ1) is 11.3. The van der Waals surface area contributed by atoms with Gasteiger partial charge >= 0.3 is 0 Å². The maximum absolute atomic E-state index is 12.4. The summed E-state index contributed by atoms with van der Waals surface area (Å²) in [6, 6.07) is 17.2. The fourth-order valence-corrected chi connectivity index (χ4v) is 2.38. The highest BCUT2D eigenvalue weighted by molar-refractivity contribution is 6.00. The topological polar surface area (TPSA) is 64.7 Å². The zero-order valence-electron chi connectivity index (χ0n) is 12.1. The van der Waals surface area contributed by atoms with E-state index >= 15 is 0 Å². The molecule has 0 aliphatic carbocycles. The SMILES string of the molecule is O=C(Nn1cnc2ccccc21)c1cnn(-c2ccccc2)c1. The Bertz CT molecular complexity index is 971. The van der Waals surface area contributed by atoms with E-state index in [0.717, 1.165) is 16.7 Å². The highest BCUT2D eigenvalue weighted by Gasteiger charge is 2.11. The molecule has 4 aromatic rings. The first kappa shape index (κ1) is 13.3. The van der Waals surface area contributed by atoms with Gasteiger partial charge in [-0.3, -0.25) is 10.2 Å². The van der Waals surface area contributed by atoms with E-state index in [4.69, 9.17) is 0 Å². The number of hydrogen-bond donors (Lipinski definition) is 1. The number of hydrogen-bond acceptors (Lipinski definition) is 3. The van der Waals surface area contributed by atoms with Crippen molar-refractivity contribution in [3.63, 3.8) is 0 Å². The second-order valence-electron chi connectivity index (χ2n) is 5.05. The molecule has 0 radical (unpaired) electrons. The van der Waals surface area contributed by atoms with Gasteiger partial charge in [0.15, 0.2) is 0 Å². The van der Waals surface area contributed by atoms with Gasteiger partial charge in [0, 0.05) is 6.20 Å². The lowest BCUT2D eigenvalue weighted by atomic mass is 10.3. The van der Waals surface area contributed by atoms with E-state index < -0.39 is 0 Å². The van der Waals surface area contributed by atoms with Crippen LogP contribution in [0.3, 0.4) is 0 Å². The van der Waals surface area contributed by atoms with Gasteiger partial charge in [0.05, 0.1) is 28.5 Å². The molecule has 1 N–H and O–H groups in total.